The van der Waals surface area contributed by atoms with Crippen molar-refractivity contribution in [2.45, 2.75) is 39.3 Å². The predicted molar refractivity (Wildman–Crippen MR) is 83.0 cm³/mol. The van der Waals surface area contributed by atoms with E-state index in [4.69, 9.17) is 9.47 Å². The van der Waals surface area contributed by atoms with Crippen molar-refractivity contribution in [3.63, 3.8) is 0 Å². The van der Waals surface area contributed by atoms with Gasteiger partial charge in [-0.1, -0.05) is 0 Å². The molecule has 1 aliphatic rings. The quantitative estimate of drug-likeness (QED) is 0.785. The summed E-state index contributed by atoms with van der Waals surface area (Å²) in [5.74, 6) is -0.827. The Balaban J connectivity index is 2.23. The number of benzene rings is 1. The Morgan fingerprint density at radius 2 is 2.00 bits per heavy atom. The minimum Gasteiger partial charge on any atom is -0.444 e. The van der Waals surface area contributed by atoms with E-state index >= 15 is 0 Å². The van der Waals surface area contributed by atoms with Crippen molar-refractivity contribution in [1.82, 2.24) is 4.90 Å². The summed E-state index contributed by atoms with van der Waals surface area (Å²) in [6, 6.07) is 3.32. The fourth-order valence-corrected chi connectivity index (χ4v) is 2.43. The first-order valence-corrected chi connectivity index (χ1v) is 7.56. The molecule has 5 nitrogen and oxygen atoms in total. The van der Waals surface area contributed by atoms with Gasteiger partial charge in [-0.2, -0.15) is 0 Å². The summed E-state index contributed by atoms with van der Waals surface area (Å²) >= 11 is 0. The molecule has 126 valence electrons. The molecule has 0 aliphatic carbocycles. The number of rotatable bonds is 2. The molecule has 1 aliphatic heterocycles. The van der Waals surface area contributed by atoms with Crippen LogP contribution >= 0.6 is 0 Å². The number of halogens is 1. The van der Waals surface area contributed by atoms with Crippen LogP contribution in [0.3, 0.4) is 0 Å². The van der Waals surface area contributed by atoms with Gasteiger partial charge in [0.2, 0.25) is 0 Å². The molecule has 1 aromatic rings. The highest BCUT2D eigenvalue weighted by Crippen LogP contribution is 2.19. The maximum absolute atomic E-state index is 13.5. The monoisotopic (exact) mass is 323 g/mol. The van der Waals surface area contributed by atoms with Gasteiger partial charge in [-0.3, -0.25) is 9.69 Å². The second-order valence-electron chi connectivity index (χ2n) is 6.65. The van der Waals surface area contributed by atoms with Gasteiger partial charge in [-0.05, 0) is 51.5 Å². The fourth-order valence-electron chi connectivity index (χ4n) is 2.43. The van der Waals surface area contributed by atoms with Crippen LogP contribution in [0.2, 0.25) is 0 Å². The Kier molecular flexibility index (Phi) is 5.04. The molecular formula is C17H22FNO4. The lowest BCUT2D eigenvalue weighted by Crippen LogP contribution is -2.53. The molecule has 0 saturated carbocycles. The SMILES string of the molecule is Cc1cc(F)cc(C(=O)C2COCCN2C(=O)OC(C)(C)C)c1. The van der Waals surface area contributed by atoms with E-state index in [1.807, 2.05) is 0 Å². The summed E-state index contributed by atoms with van der Waals surface area (Å²) in [6.07, 6.45) is -0.563. The van der Waals surface area contributed by atoms with Crippen LogP contribution in [0.4, 0.5) is 9.18 Å². The number of nitrogens with zero attached hydrogens (tertiary/aromatic N) is 1. The Labute approximate surface area is 135 Å². The minimum absolute atomic E-state index is 0.0770. The summed E-state index contributed by atoms with van der Waals surface area (Å²) < 4.78 is 24.2. The summed E-state index contributed by atoms with van der Waals surface area (Å²) in [6.45, 7) is 7.68. The molecule has 1 atom stereocenters. The summed E-state index contributed by atoms with van der Waals surface area (Å²) in [7, 11) is 0. The molecule has 1 heterocycles. The molecule has 23 heavy (non-hydrogen) atoms. The van der Waals surface area contributed by atoms with Crippen molar-refractivity contribution >= 4 is 11.9 Å². The third-order valence-corrected chi connectivity index (χ3v) is 3.39. The van der Waals surface area contributed by atoms with Crippen molar-refractivity contribution in [3.05, 3.63) is 35.1 Å². The van der Waals surface area contributed by atoms with Gasteiger partial charge in [0.05, 0.1) is 13.2 Å². The zero-order valence-corrected chi connectivity index (χ0v) is 13.9. The third-order valence-electron chi connectivity index (χ3n) is 3.39. The van der Waals surface area contributed by atoms with E-state index in [1.54, 1.807) is 33.8 Å². The first-order valence-electron chi connectivity index (χ1n) is 7.56. The molecule has 1 saturated heterocycles. The van der Waals surface area contributed by atoms with Crippen LogP contribution < -0.4 is 0 Å². The number of hydrogen-bond donors (Lipinski definition) is 0. The van der Waals surface area contributed by atoms with Crippen molar-refractivity contribution in [2.75, 3.05) is 19.8 Å². The highest BCUT2D eigenvalue weighted by atomic mass is 19.1. The largest absolute Gasteiger partial charge is 0.444 e. The molecular weight excluding hydrogens is 301 g/mol. The molecule has 1 unspecified atom stereocenters. The smallest absolute Gasteiger partial charge is 0.411 e. The maximum atomic E-state index is 13.5. The summed E-state index contributed by atoms with van der Waals surface area (Å²) in [4.78, 5) is 26.4. The summed E-state index contributed by atoms with van der Waals surface area (Å²) in [5, 5.41) is 0. The lowest BCUT2D eigenvalue weighted by atomic mass is 10.0. The van der Waals surface area contributed by atoms with Crippen LogP contribution in [-0.2, 0) is 9.47 Å². The van der Waals surface area contributed by atoms with Crippen molar-refractivity contribution in [2.24, 2.45) is 0 Å². The van der Waals surface area contributed by atoms with Crippen molar-refractivity contribution in [3.8, 4) is 0 Å². The van der Waals surface area contributed by atoms with E-state index in [0.717, 1.165) is 0 Å². The molecule has 1 fully saturated rings. The standard InChI is InChI=1S/C17H22FNO4/c1-11-7-12(9-13(18)8-11)15(20)14-10-22-6-5-19(14)16(21)23-17(2,3)4/h7-9,14H,5-6,10H2,1-4H3. The normalized spacial score (nSPS) is 18.7. The zero-order valence-electron chi connectivity index (χ0n) is 13.9. The number of ketones is 1. The maximum Gasteiger partial charge on any atom is 0.411 e. The first kappa shape index (κ1) is 17.4. The van der Waals surface area contributed by atoms with E-state index in [1.165, 1.54) is 17.0 Å². The lowest BCUT2D eigenvalue weighted by molar-refractivity contribution is -0.0265. The minimum atomic E-state index is -0.806. The Hall–Kier alpha value is -1.95. The van der Waals surface area contributed by atoms with Gasteiger partial charge in [-0.25, -0.2) is 9.18 Å². The van der Waals surface area contributed by atoms with Crippen LogP contribution in [-0.4, -0.2) is 48.2 Å². The van der Waals surface area contributed by atoms with Crippen LogP contribution in [0.15, 0.2) is 18.2 Å². The Morgan fingerprint density at radius 3 is 2.61 bits per heavy atom. The van der Waals surface area contributed by atoms with Gasteiger partial charge < -0.3 is 9.47 Å². The zero-order chi connectivity index (χ0) is 17.2. The highest BCUT2D eigenvalue weighted by Gasteiger charge is 2.36. The number of Topliss-reactive ketones (excluding diaryl/α,β-unsaturated/α-hetero) is 1. The molecule has 1 amide bonds. The van der Waals surface area contributed by atoms with Gasteiger partial charge >= 0.3 is 6.09 Å². The van der Waals surface area contributed by atoms with Crippen molar-refractivity contribution in [1.29, 1.82) is 0 Å². The number of hydrogen-bond acceptors (Lipinski definition) is 4. The van der Waals surface area contributed by atoms with Crippen LogP contribution in [0.5, 0.6) is 0 Å². The fraction of sp³-hybridized carbons (Fsp3) is 0.529. The molecule has 1 aromatic carbocycles. The second-order valence-corrected chi connectivity index (χ2v) is 6.65. The Morgan fingerprint density at radius 1 is 1.30 bits per heavy atom. The number of aryl methyl sites for hydroxylation is 1. The second kappa shape index (κ2) is 6.66. The van der Waals surface area contributed by atoms with Crippen molar-refractivity contribution < 1.29 is 23.5 Å². The van der Waals surface area contributed by atoms with E-state index in [2.05, 4.69) is 0 Å². The first-order chi connectivity index (χ1) is 10.7. The van der Waals surface area contributed by atoms with E-state index < -0.39 is 23.6 Å². The van der Waals surface area contributed by atoms with Gasteiger partial charge in [0, 0.05) is 12.1 Å². The van der Waals surface area contributed by atoms with Crippen LogP contribution in [0.1, 0.15) is 36.7 Å². The van der Waals surface area contributed by atoms with Crippen LogP contribution in [0, 0.1) is 12.7 Å². The van der Waals surface area contributed by atoms with Gasteiger partial charge in [-0.15, -0.1) is 0 Å². The predicted octanol–water partition coefficient (Wildman–Crippen LogP) is 2.95. The van der Waals surface area contributed by atoms with Gasteiger partial charge in [0.1, 0.15) is 17.5 Å². The van der Waals surface area contributed by atoms with E-state index in [-0.39, 0.29) is 24.5 Å². The molecule has 0 N–H and O–H groups in total. The molecule has 0 radical (unpaired) electrons. The third kappa shape index (κ3) is 4.51. The topological polar surface area (TPSA) is 55.8 Å². The molecule has 0 spiro atoms. The molecule has 2 rings (SSSR count). The lowest BCUT2D eigenvalue weighted by Gasteiger charge is -2.35. The molecule has 0 bridgehead atoms. The molecule has 0 aromatic heterocycles. The number of ether oxygens (including phenoxy) is 2. The average Bonchev–Trinajstić information content (AvgIpc) is 2.43. The number of carbonyl (C=O) groups excluding carboxylic acids is 2. The Bertz CT molecular complexity index is 589. The molecule has 6 heteroatoms. The number of carbonyl (C=O) groups is 2. The number of amides is 1. The summed E-state index contributed by atoms with van der Waals surface area (Å²) in [5.41, 5.74) is 0.221. The van der Waals surface area contributed by atoms with Crippen LogP contribution in [0.25, 0.3) is 0 Å². The number of morpholine rings is 1. The average molecular weight is 323 g/mol. The highest BCUT2D eigenvalue weighted by molar-refractivity contribution is 6.01. The van der Waals surface area contributed by atoms with E-state index in [0.29, 0.717) is 12.2 Å². The van der Waals surface area contributed by atoms with E-state index in [9.17, 15) is 14.0 Å². The van der Waals surface area contributed by atoms with Gasteiger partial charge in [0.25, 0.3) is 0 Å². The van der Waals surface area contributed by atoms with Gasteiger partial charge in [0.15, 0.2) is 5.78 Å².